The molecule has 10 heavy (non-hydrogen) atoms. The van der Waals surface area contributed by atoms with E-state index in [1.807, 2.05) is 0 Å². The van der Waals surface area contributed by atoms with Gasteiger partial charge in [0.25, 0.3) is 0 Å². The van der Waals surface area contributed by atoms with Crippen LogP contribution in [0, 0.1) is 0 Å². The molecule has 0 saturated carbocycles. The molecule has 0 saturated heterocycles. The predicted octanol–water partition coefficient (Wildman–Crippen LogP) is -1.76. The van der Waals surface area contributed by atoms with Crippen LogP contribution >= 0.6 is 0 Å². The summed E-state index contributed by atoms with van der Waals surface area (Å²) in [7, 11) is -3.13. The average Bonchev–Trinajstić information content (AvgIpc) is 1.61. The zero-order valence-electron chi connectivity index (χ0n) is 5.22. The molecule has 0 rings (SSSR count). The molecule has 0 heterocycles. The Kier molecular flexibility index (Phi) is 5.90. The topological polar surface area (TPSA) is 139 Å². The van der Waals surface area contributed by atoms with Crippen LogP contribution in [-0.4, -0.2) is 30.5 Å². The Hall–Kier alpha value is -0.860. The summed E-state index contributed by atoms with van der Waals surface area (Å²) in [6.45, 7) is 0. The molecule has 0 aliphatic heterocycles. The van der Waals surface area contributed by atoms with E-state index in [1.54, 1.807) is 0 Å². The van der Waals surface area contributed by atoms with Crippen LogP contribution in [0.1, 0.15) is 0 Å². The third-order valence-corrected chi connectivity index (χ3v) is 0.258. The van der Waals surface area contributed by atoms with Crippen LogP contribution in [-0.2, 0) is 10.4 Å². The fraction of sp³-hybridized carbons (Fsp3) is 0.500. The van der Waals surface area contributed by atoms with Gasteiger partial charge in [-0.1, -0.05) is 0 Å². The number of hydrogen-bond donors (Lipinski definition) is 4. The minimum atomic E-state index is -4.67. The van der Waals surface area contributed by atoms with E-state index in [9.17, 15) is 0 Å². The molecule has 0 radical (unpaired) electrons. The van der Waals surface area contributed by atoms with E-state index in [0.29, 0.717) is 0 Å². The number of hydrogen-bond acceptors (Lipinski definition) is 3. The summed E-state index contributed by atoms with van der Waals surface area (Å²) in [5, 5.41) is 0. The van der Waals surface area contributed by atoms with E-state index in [2.05, 4.69) is 4.99 Å². The van der Waals surface area contributed by atoms with E-state index >= 15 is 0 Å². The quantitative estimate of drug-likeness (QED) is 0.193. The molecule has 0 fully saturated rings. The Morgan fingerprint density at radius 2 is 1.50 bits per heavy atom. The molecule has 0 atom stereocenters. The highest BCUT2D eigenvalue weighted by Gasteiger charge is 1.84. The van der Waals surface area contributed by atoms with Crippen molar-refractivity contribution in [2.24, 2.45) is 16.5 Å². The van der Waals surface area contributed by atoms with Crippen LogP contribution in [0.25, 0.3) is 0 Å². The molecule has 0 aromatic heterocycles. The highest BCUT2D eigenvalue weighted by molar-refractivity contribution is 7.79. The largest absolute Gasteiger partial charge is 0.394 e. The fourth-order valence-corrected chi connectivity index (χ4v) is 0. The summed E-state index contributed by atoms with van der Waals surface area (Å²) < 4.78 is 31.6. The third-order valence-electron chi connectivity index (χ3n) is 0.258. The van der Waals surface area contributed by atoms with Crippen LogP contribution in [0.5, 0.6) is 0 Å². The standard InChI is InChI=1S/C2H7N3.H2O4S/c1-5-2(3)4;1-5(2,3)4/h1H3,(H4,3,4,5);(H2,1,2,3,4). The highest BCUT2D eigenvalue weighted by Crippen LogP contribution is 1.59. The van der Waals surface area contributed by atoms with Crippen molar-refractivity contribution in [3.8, 4) is 0 Å². The maximum Gasteiger partial charge on any atom is 0.394 e. The van der Waals surface area contributed by atoms with Crippen molar-refractivity contribution in [2.75, 3.05) is 7.05 Å². The Morgan fingerprint density at radius 3 is 1.50 bits per heavy atom. The summed E-state index contributed by atoms with van der Waals surface area (Å²) in [4.78, 5) is 3.36. The monoisotopic (exact) mass is 171 g/mol. The summed E-state index contributed by atoms with van der Waals surface area (Å²) in [5.74, 6) is 0.130. The smallest absolute Gasteiger partial charge is 0.370 e. The summed E-state index contributed by atoms with van der Waals surface area (Å²) in [6.07, 6.45) is 0. The molecule has 0 aromatic carbocycles. The molecular formula is C2H9N3O4S. The lowest BCUT2D eigenvalue weighted by molar-refractivity contribution is 0.381. The van der Waals surface area contributed by atoms with Gasteiger partial charge >= 0.3 is 10.4 Å². The van der Waals surface area contributed by atoms with Gasteiger partial charge in [-0.2, -0.15) is 8.42 Å². The molecule has 0 spiro atoms. The first-order valence-electron chi connectivity index (χ1n) is 1.95. The van der Waals surface area contributed by atoms with Gasteiger partial charge in [0.05, 0.1) is 0 Å². The molecule has 0 aromatic rings. The van der Waals surface area contributed by atoms with Crippen molar-refractivity contribution in [3.63, 3.8) is 0 Å². The second kappa shape index (κ2) is 4.97. The van der Waals surface area contributed by atoms with Crippen LogP contribution in [0.3, 0.4) is 0 Å². The van der Waals surface area contributed by atoms with Crippen molar-refractivity contribution in [1.82, 2.24) is 0 Å². The van der Waals surface area contributed by atoms with Crippen LogP contribution in [0.2, 0.25) is 0 Å². The van der Waals surface area contributed by atoms with Gasteiger partial charge in [-0.3, -0.25) is 14.1 Å². The molecule has 0 unspecified atom stereocenters. The molecule has 0 amide bonds. The van der Waals surface area contributed by atoms with Crippen molar-refractivity contribution >= 4 is 16.4 Å². The third kappa shape index (κ3) is 207. The second-order valence-electron chi connectivity index (χ2n) is 1.10. The van der Waals surface area contributed by atoms with Gasteiger partial charge < -0.3 is 11.5 Å². The molecule has 62 valence electrons. The SMILES string of the molecule is CN=C(N)N.O=S(=O)(O)O. The number of nitrogens with zero attached hydrogens (tertiary/aromatic N) is 1. The Balaban J connectivity index is 0. The lowest BCUT2D eigenvalue weighted by atomic mass is 11.1. The van der Waals surface area contributed by atoms with Crippen molar-refractivity contribution in [2.45, 2.75) is 0 Å². The minimum absolute atomic E-state index is 0.130. The molecule has 0 bridgehead atoms. The van der Waals surface area contributed by atoms with E-state index in [1.165, 1.54) is 7.05 Å². The van der Waals surface area contributed by atoms with Crippen molar-refractivity contribution in [1.29, 1.82) is 0 Å². The van der Waals surface area contributed by atoms with Gasteiger partial charge in [0, 0.05) is 7.05 Å². The maximum absolute atomic E-state index is 8.74. The van der Waals surface area contributed by atoms with Crippen LogP contribution < -0.4 is 11.5 Å². The lowest BCUT2D eigenvalue weighted by Gasteiger charge is -1.77. The van der Waals surface area contributed by atoms with Crippen molar-refractivity contribution < 1.29 is 17.5 Å². The second-order valence-corrected chi connectivity index (χ2v) is 1.99. The zero-order chi connectivity index (χ0) is 8.78. The van der Waals surface area contributed by atoms with E-state index < -0.39 is 10.4 Å². The van der Waals surface area contributed by atoms with Gasteiger partial charge in [-0.05, 0) is 0 Å². The van der Waals surface area contributed by atoms with Crippen LogP contribution in [0.15, 0.2) is 4.99 Å². The first-order chi connectivity index (χ1) is 4.27. The van der Waals surface area contributed by atoms with Gasteiger partial charge in [0.2, 0.25) is 0 Å². The van der Waals surface area contributed by atoms with Crippen LogP contribution in [0.4, 0.5) is 0 Å². The molecule has 0 aliphatic carbocycles. The Bertz CT molecular complexity index is 183. The maximum atomic E-state index is 8.74. The number of nitrogens with two attached hydrogens (primary N) is 2. The highest BCUT2D eigenvalue weighted by atomic mass is 32.3. The summed E-state index contributed by atoms with van der Waals surface area (Å²) >= 11 is 0. The van der Waals surface area contributed by atoms with Gasteiger partial charge in [-0.15, -0.1) is 0 Å². The van der Waals surface area contributed by atoms with Gasteiger partial charge in [-0.25, -0.2) is 0 Å². The predicted molar refractivity (Wildman–Crippen MR) is 35.9 cm³/mol. The molecule has 8 heteroatoms. The molecule has 6 N–H and O–H groups in total. The van der Waals surface area contributed by atoms with E-state index in [0.717, 1.165) is 0 Å². The first kappa shape index (κ1) is 11.9. The average molecular weight is 171 g/mol. The Labute approximate surface area is 58.3 Å². The molecule has 0 aliphatic rings. The molecule has 7 nitrogen and oxygen atoms in total. The number of guanidine groups is 1. The lowest BCUT2D eigenvalue weighted by Crippen LogP contribution is -2.21. The summed E-state index contributed by atoms with van der Waals surface area (Å²) in [6, 6.07) is 0. The van der Waals surface area contributed by atoms with Gasteiger partial charge in [0.15, 0.2) is 5.96 Å². The number of aliphatic imine (C=N–C) groups is 1. The zero-order valence-corrected chi connectivity index (χ0v) is 6.04. The molecular weight excluding hydrogens is 162 g/mol. The minimum Gasteiger partial charge on any atom is -0.370 e. The van der Waals surface area contributed by atoms with E-state index in [-0.39, 0.29) is 5.96 Å². The van der Waals surface area contributed by atoms with E-state index in [4.69, 9.17) is 29.0 Å². The van der Waals surface area contributed by atoms with Gasteiger partial charge in [0.1, 0.15) is 0 Å². The normalized spacial score (nSPS) is 9.10. The Morgan fingerprint density at radius 1 is 1.40 bits per heavy atom. The first-order valence-corrected chi connectivity index (χ1v) is 3.34. The number of rotatable bonds is 0. The fourth-order valence-electron chi connectivity index (χ4n) is 0. The summed E-state index contributed by atoms with van der Waals surface area (Å²) in [5.41, 5.74) is 9.64. The van der Waals surface area contributed by atoms with Crippen molar-refractivity contribution in [3.05, 3.63) is 0 Å².